The lowest BCUT2D eigenvalue weighted by molar-refractivity contribution is -0.113. The van der Waals surface area contributed by atoms with Gasteiger partial charge in [-0.25, -0.2) is 0 Å². The number of tetrazole rings is 1. The van der Waals surface area contributed by atoms with Crippen LogP contribution in [-0.2, 0) is 10.5 Å². The van der Waals surface area contributed by atoms with Gasteiger partial charge in [-0.15, -0.1) is 15.3 Å². The third-order valence-corrected chi connectivity index (χ3v) is 6.92. The van der Waals surface area contributed by atoms with E-state index < -0.39 is 0 Å². The fraction of sp³-hybridized carbons (Fsp3) is 0.111. The van der Waals surface area contributed by atoms with Crippen LogP contribution < -0.4 is 5.32 Å². The van der Waals surface area contributed by atoms with Crippen LogP contribution >= 0.6 is 46.5 Å². The van der Waals surface area contributed by atoms with Gasteiger partial charge in [0.15, 0.2) is 4.34 Å². The Labute approximate surface area is 189 Å². The molecule has 4 rings (SSSR count). The van der Waals surface area contributed by atoms with Gasteiger partial charge in [-0.1, -0.05) is 76.8 Å². The van der Waals surface area contributed by atoms with E-state index in [0.29, 0.717) is 15.3 Å². The second-order valence-electron chi connectivity index (χ2n) is 5.83. The fourth-order valence-corrected chi connectivity index (χ4v) is 4.88. The fourth-order valence-electron chi connectivity index (χ4n) is 2.34. The molecule has 4 aromatic rings. The van der Waals surface area contributed by atoms with Crippen molar-refractivity contribution in [3.63, 3.8) is 0 Å². The largest absolute Gasteiger partial charge is 0.300 e. The normalized spacial score (nSPS) is 10.8. The number of nitrogens with one attached hydrogen (secondary N) is 1. The highest BCUT2D eigenvalue weighted by molar-refractivity contribution is 8.00. The summed E-state index contributed by atoms with van der Waals surface area (Å²) in [6, 6.07) is 17.2. The quantitative estimate of drug-likeness (QED) is 0.299. The summed E-state index contributed by atoms with van der Waals surface area (Å²) in [4.78, 5) is 12.3. The molecule has 0 atom stereocenters. The molecule has 2 aromatic heterocycles. The Morgan fingerprint density at radius 3 is 2.63 bits per heavy atom. The highest BCUT2D eigenvalue weighted by atomic mass is 35.5. The number of carbonyl (C=O) groups excluding carboxylic acids is 1. The van der Waals surface area contributed by atoms with Crippen molar-refractivity contribution in [2.45, 2.75) is 15.2 Å². The molecular formula is C18H14ClN7OS3. The first kappa shape index (κ1) is 20.8. The smallest absolute Gasteiger partial charge is 0.236 e. The molecule has 0 unspecified atom stereocenters. The van der Waals surface area contributed by atoms with Gasteiger partial charge in [-0.2, -0.15) is 4.68 Å². The van der Waals surface area contributed by atoms with Gasteiger partial charge in [-0.3, -0.25) is 10.1 Å². The third kappa shape index (κ3) is 5.57. The molecule has 8 nitrogen and oxygen atoms in total. The number of thioether (sulfide) groups is 2. The molecular weight excluding hydrogens is 462 g/mol. The second kappa shape index (κ2) is 10.0. The first-order valence-corrected chi connectivity index (χ1v) is 11.8. The van der Waals surface area contributed by atoms with E-state index in [0.717, 1.165) is 15.8 Å². The molecule has 12 heteroatoms. The molecule has 2 heterocycles. The molecule has 0 bridgehead atoms. The monoisotopic (exact) mass is 475 g/mol. The van der Waals surface area contributed by atoms with Gasteiger partial charge in [-0.05, 0) is 40.3 Å². The molecule has 0 saturated carbocycles. The lowest BCUT2D eigenvalue weighted by Gasteiger charge is -2.04. The zero-order valence-electron chi connectivity index (χ0n) is 15.3. The predicted molar refractivity (Wildman–Crippen MR) is 119 cm³/mol. The number of amides is 1. The highest BCUT2D eigenvalue weighted by Crippen LogP contribution is 2.28. The summed E-state index contributed by atoms with van der Waals surface area (Å²) in [5.41, 5.74) is 1.97. The van der Waals surface area contributed by atoms with Crippen LogP contribution in [0.15, 0.2) is 64.1 Å². The molecule has 1 N–H and O–H groups in total. The van der Waals surface area contributed by atoms with Crippen molar-refractivity contribution in [2.24, 2.45) is 0 Å². The number of hydrogen-bond acceptors (Lipinski definition) is 9. The Bertz CT molecular complexity index is 1120. The van der Waals surface area contributed by atoms with Crippen LogP contribution in [0.25, 0.3) is 5.69 Å². The number of benzene rings is 2. The first-order chi connectivity index (χ1) is 14.7. The van der Waals surface area contributed by atoms with Gasteiger partial charge in [0.2, 0.25) is 16.2 Å². The minimum absolute atomic E-state index is 0.139. The van der Waals surface area contributed by atoms with E-state index in [1.54, 1.807) is 40.7 Å². The Balaban J connectivity index is 1.29. The summed E-state index contributed by atoms with van der Waals surface area (Å²) in [6.07, 6.45) is 0. The molecule has 0 saturated heterocycles. The Morgan fingerprint density at radius 1 is 1.03 bits per heavy atom. The number of anilines is 1. The summed E-state index contributed by atoms with van der Waals surface area (Å²) >= 11 is 10.1. The van der Waals surface area contributed by atoms with E-state index in [2.05, 4.69) is 43.2 Å². The van der Waals surface area contributed by atoms with Gasteiger partial charge in [0.25, 0.3) is 0 Å². The lowest BCUT2D eigenvalue weighted by Crippen LogP contribution is -2.14. The van der Waals surface area contributed by atoms with Crippen molar-refractivity contribution in [3.05, 3.63) is 65.2 Å². The molecule has 30 heavy (non-hydrogen) atoms. The number of rotatable bonds is 8. The van der Waals surface area contributed by atoms with Gasteiger partial charge >= 0.3 is 0 Å². The average Bonchev–Trinajstić information content (AvgIpc) is 3.41. The van der Waals surface area contributed by atoms with Crippen LogP contribution in [0.1, 0.15) is 5.56 Å². The number of aromatic nitrogens is 6. The minimum atomic E-state index is -0.207. The van der Waals surface area contributed by atoms with Gasteiger partial charge < -0.3 is 0 Å². The number of halogens is 1. The Kier molecular flexibility index (Phi) is 6.95. The average molecular weight is 476 g/mol. The molecule has 152 valence electrons. The SMILES string of the molecule is O=C(CSc1nnnn1-c1ccc(Cl)cc1)Nc1nnc(SCc2ccccc2)s1. The summed E-state index contributed by atoms with van der Waals surface area (Å²) in [5, 5.41) is 24.1. The Morgan fingerprint density at radius 2 is 1.83 bits per heavy atom. The van der Waals surface area contributed by atoms with E-state index in [9.17, 15) is 4.79 Å². The zero-order valence-corrected chi connectivity index (χ0v) is 18.5. The van der Waals surface area contributed by atoms with Crippen LogP contribution in [-0.4, -0.2) is 42.1 Å². The first-order valence-electron chi connectivity index (χ1n) is 8.64. The van der Waals surface area contributed by atoms with Crippen LogP contribution in [0.5, 0.6) is 0 Å². The molecule has 0 radical (unpaired) electrons. The molecule has 1 amide bonds. The molecule has 0 spiro atoms. The second-order valence-corrected chi connectivity index (χ2v) is 9.41. The predicted octanol–water partition coefficient (Wildman–Crippen LogP) is 4.19. The van der Waals surface area contributed by atoms with Gasteiger partial charge in [0.05, 0.1) is 11.4 Å². The van der Waals surface area contributed by atoms with Crippen LogP contribution in [0, 0.1) is 0 Å². The van der Waals surface area contributed by atoms with Crippen molar-refractivity contribution in [1.82, 2.24) is 30.4 Å². The van der Waals surface area contributed by atoms with E-state index >= 15 is 0 Å². The standard InChI is InChI=1S/C18H14ClN7OS3/c19-13-6-8-14(9-7-13)26-17(22-24-25-26)28-11-15(27)20-16-21-23-18(30-16)29-10-12-4-2-1-3-5-12/h1-9H,10-11H2,(H,20,21,27). The van der Waals surface area contributed by atoms with Gasteiger partial charge in [0, 0.05) is 10.8 Å². The minimum Gasteiger partial charge on any atom is -0.300 e. The van der Waals surface area contributed by atoms with E-state index in [1.807, 2.05) is 18.2 Å². The molecule has 0 aliphatic rings. The number of carbonyl (C=O) groups is 1. The zero-order chi connectivity index (χ0) is 20.8. The molecule has 0 fully saturated rings. The maximum atomic E-state index is 12.3. The van der Waals surface area contributed by atoms with Crippen molar-refractivity contribution in [3.8, 4) is 5.69 Å². The third-order valence-electron chi connectivity index (χ3n) is 3.70. The topological polar surface area (TPSA) is 98.5 Å². The molecule has 0 aliphatic heterocycles. The summed E-state index contributed by atoms with van der Waals surface area (Å²) in [5.74, 6) is 0.730. The maximum Gasteiger partial charge on any atom is 0.236 e. The van der Waals surface area contributed by atoms with E-state index in [1.165, 1.54) is 28.7 Å². The lowest BCUT2D eigenvalue weighted by atomic mass is 10.2. The number of hydrogen-bond donors (Lipinski definition) is 1. The summed E-state index contributed by atoms with van der Waals surface area (Å²) in [7, 11) is 0. The van der Waals surface area contributed by atoms with Crippen molar-refractivity contribution < 1.29 is 4.79 Å². The van der Waals surface area contributed by atoms with E-state index in [4.69, 9.17) is 11.6 Å². The van der Waals surface area contributed by atoms with Crippen LogP contribution in [0.4, 0.5) is 5.13 Å². The van der Waals surface area contributed by atoms with Crippen molar-refractivity contribution in [2.75, 3.05) is 11.1 Å². The summed E-state index contributed by atoms with van der Waals surface area (Å²) < 4.78 is 2.35. The molecule has 0 aliphatic carbocycles. The van der Waals surface area contributed by atoms with Crippen molar-refractivity contribution in [1.29, 1.82) is 0 Å². The Hall–Kier alpha value is -2.47. The van der Waals surface area contributed by atoms with Crippen LogP contribution in [0.2, 0.25) is 5.02 Å². The van der Waals surface area contributed by atoms with Crippen molar-refractivity contribution >= 4 is 57.5 Å². The van der Waals surface area contributed by atoms with E-state index in [-0.39, 0.29) is 11.7 Å². The number of nitrogens with zero attached hydrogens (tertiary/aromatic N) is 6. The highest BCUT2D eigenvalue weighted by Gasteiger charge is 2.13. The maximum absolute atomic E-state index is 12.3. The molecule has 2 aromatic carbocycles. The van der Waals surface area contributed by atoms with Crippen LogP contribution in [0.3, 0.4) is 0 Å². The summed E-state index contributed by atoms with van der Waals surface area (Å²) in [6.45, 7) is 0. The van der Waals surface area contributed by atoms with Gasteiger partial charge in [0.1, 0.15) is 0 Å².